The first-order valence-corrected chi connectivity index (χ1v) is 12.8. The Hall–Kier alpha value is -3.11. The Morgan fingerprint density at radius 1 is 1.03 bits per heavy atom. The van der Waals surface area contributed by atoms with Gasteiger partial charge in [0.15, 0.2) is 0 Å². The monoisotopic (exact) mass is 488 g/mol. The second-order valence-corrected chi connectivity index (χ2v) is 10.2. The molecule has 0 spiro atoms. The largest absolute Gasteiger partial charge is 0.478 e. The molecule has 0 aliphatic carbocycles. The summed E-state index contributed by atoms with van der Waals surface area (Å²) in [6.45, 7) is 8.96. The maximum atomic E-state index is 12.9. The highest BCUT2D eigenvalue weighted by Gasteiger charge is 2.24. The quantitative estimate of drug-likeness (QED) is 0.496. The van der Waals surface area contributed by atoms with Gasteiger partial charge in [0.25, 0.3) is 10.0 Å². The van der Waals surface area contributed by atoms with Crippen LogP contribution in [0.3, 0.4) is 0 Å². The van der Waals surface area contributed by atoms with E-state index in [1.165, 1.54) is 6.07 Å². The van der Waals surface area contributed by atoms with Gasteiger partial charge in [-0.25, -0.2) is 13.2 Å². The molecule has 0 atom stereocenters. The third-order valence-corrected chi connectivity index (χ3v) is 7.29. The zero-order chi connectivity index (χ0) is 24.9. The molecule has 2 aromatic rings. The summed E-state index contributed by atoms with van der Waals surface area (Å²) in [6.07, 6.45) is 0.883. The number of aryl methyl sites for hydroxylation is 2. The fourth-order valence-electron chi connectivity index (χ4n) is 4.03. The van der Waals surface area contributed by atoms with E-state index >= 15 is 0 Å². The molecule has 0 saturated carbocycles. The van der Waals surface area contributed by atoms with Crippen molar-refractivity contribution in [2.45, 2.75) is 32.1 Å². The number of nitrogens with zero attached hydrogens (tertiary/aromatic N) is 2. The number of carbonyl (C=O) groups is 2. The molecule has 1 aliphatic rings. The van der Waals surface area contributed by atoms with Gasteiger partial charge in [0.1, 0.15) is 0 Å². The summed E-state index contributed by atoms with van der Waals surface area (Å²) in [4.78, 5) is 28.1. The van der Waals surface area contributed by atoms with E-state index in [2.05, 4.69) is 10.0 Å². The Labute approximate surface area is 200 Å². The fourth-order valence-corrected chi connectivity index (χ4v) is 5.31. The number of piperazine rings is 1. The lowest BCUT2D eigenvalue weighted by molar-refractivity contribution is -0.122. The number of aromatic carboxylic acids is 1. The highest BCUT2D eigenvalue weighted by Crippen LogP contribution is 2.28. The van der Waals surface area contributed by atoms with Gasteiger partial charge in [-0.3, -0.25) is 14.4 Å². The van der Waals surface area contributed by atoms with Crippen molar-refractivity contribution in [2.24, 2.45) is 0 Å². The predicted octanol–water partition coefficient (Wildman–Crippen LogP) is 2.45. The van der Waals surface area contributed by atoms with Crippen molar-refractivity contribution in [2.75, 3.05) is 48.9 Å². The van der Waals surface area contributed by atoms with Gasteiger partial charge in [-0.2, -0.15) is 0 Å². The molecule has 1 amide bonds. The maximum absolute atomic E-state index is 12.9. The summed E-state index contributed by atoms with van der Waals surface area (Å²) in [5, 5.41) is 12.7. The van der Waals surface area contributed by atoms with Crippen LogP contribution in [0.25, 0.3) is 0 Å². The van der Waals surface area contributed by atoms with E-state index < -0.39 is 16.0 Å². The number of anilines is 2. The molecule has 3 rings (SSSR count). The topological polar surface area (TPSA) is 119 Å². The van der Waals surface area contributed by atoms with Crippen molar-refractivity contribution in [1.29, 1.82) is 0 Å². The zero-order valence-corrected chi connectivity index (χ0v) is 20.6. The lowest BCUT2D eigenvalue weighted by atomic mass is 10.1. The van der Waals surface area contributed by atoms with Crippen molar-refractivity contribution < 1.29 is 23.1 Å². The second-order valence-electron chi connectivity index (χ2n) is 8.52. The summed E-state index contributed by atoms with van der Waals surface area (Å²) < 4.78 is 28.3. The molecular weight excluding hydrogens is 456 g/mol. The molecule has 10 heteroatoms. The first kappa shape index (κ1) is 25.5. The summed E-state index contributed by atoms with van der Waals surface area (Å²) in [6, 6.07) is 9.61. The van der Waals surface area contributed by atoms with Crippen LogP contribution in [0.2, 0.25) is 0 Å². The molecule has 0 unspecified atom stereocenters. The molecule has 9 nitrogen and oxygen atoms in total. The number of rotatable bonds is 9. The number of sulfonamides is 1. The number of benzene rings is 2. The highest BCUT2D eigenvalue weighted by molar-refractivity contribution is 7.92. The Morgan fingerprint density at radius 2 is 1.74 bits per heavy atom. The number of nitrogens with one attached hydrogen (secondary N) is 2. The average Bonchev–Trinajstić information content (AvgIpc) is 2.77. The summed E-state index contributed by atoms with van der Waals surface area (Å²) in [5.41, 5.74) is 2.30. The minimum atomic E-state index is -3.87. The minimum Gasteiger partial charge on any atom is -0.478 e. The number of hydrogen-bond donors (Lipinski definition) is 3. The van der Waals surface area contributed by atoms with Gasteiger partial charge in [-0.05, 0) is 50.1 Å². The van der Waals surface area contributed by atoms with Crippen LogP contribution in [0.1, 0.15) is 34.8 Å². The Bertz CT molecular complexity index is 1160. The Morgan fingerprint density at radius 3 is 2.35 bits per heavy atom. The summed E-state index contributed by atoms with van der Waals surface area (Å²) in [7, 11) is -3.87. The summed E-state index contributed by atoms with van der Waals surface area (Å²) in [5.74, 6) is -1.15. The van der Waals surface area contributed by atoms with Crippen molar-refractivity contribution in [1.82, 2.24) is 10.2 Å². The average molecular weight is 489 g/mol. The predicted molar refractivity (Wildman–Crippen MR) is 132 cm³/mol. The Kier molecular flexibility index (Phi) is 8.16. The molecule has 184 valence electrons. The van der Waals surface area contributed by atoms with Gasteiger partial charge >= 0.3 is 5.97 Å². The first-order valence-electron chi connectivity index (χ1n) is 11.3. The number of carboxylic acids is 1. The van der Waals surface area contributed by atoms with Gasteiger partial charge in [0.2, 0.25) is 5.91 Å². The molecule has 0 bridgehead atoms. The van der Waals surface area contributed by atoms with Crippen molar-refractivity contribution >= 4 is 33.3 Å². The van der Waals surface area contributed by atoms with Gasteiger partial charge < -0.3 is 15.3 Å². The van der Waals surface area contributed by atoms with Crippen LogP contribution >= 0.6 is 0 Å². The van der Waals surface area contributed by atoms with Crippen molar-refractivity contribution in [3.63, 3.8) is 0 Å². The maximum Gasteiger partial charge on any atom is 0.337 e. The molecule has 1 fully saturated rings. The molecule has 0 aromatic heterocycles. The van der Waals surface area contributed by atoms with Crippen LogP contribution < -0.4 is 14.9 Å². The van der Waals surface area contributed by atoms with Crippen LogP contribution in [0.15, 0.2) is 41.3 Å². The van der Waals surface area contributed by atoms with E-state index in [4.69, 9.17) is 0 Å². The first-order chi connectivity index (χ1) is 16.1. The Balaban J connectivity index is 1.73. The number of amides is 1. The standard InChI is InChI=1S/C24H32N4O5S/c1-4-9-25-23(29)16-27-10-12-28(13-11-27)21-7-6-19(15-20(21)24(30)31)26-34(32,33)22-8-5-17(2)14-18(22)3/h5-8,14-15,26H,4,9-13,16H2,1-3H3,(H,25,29)(H,30,31). The van der Waals surface area contributed by atoms with Gasteiger partial charge in [0, 0.05) is 38.4 Å². The lowest BCUT2D eigenvalue weighted by Crippen LogP contribution is -2.49. The SMILES string of the molecule is CCCNC(=O)CN1CCN(c2ccc(NS(=O)(=O)c3ccc(C)cc3C)cc2C(=O)O)CC1. The smallest absolute Gasteiger partial charge is 0.337 e. The summed E-state index contributed by atoms with van der Waals surface area (Å²) >= 11 is 0. The van der Waals surface area contributed by atoms with E-state index in [0.717, 1.165) is 12.0 Å². The van der Waals surface area contributed by atoms with Gasteiger partial charge in [0.05, 0.1) is 22.7 Å². The lowest BCUT2D eigenvalue weighted by Gasteiger charge is -2.36. The number of carboxylic acid groups (broad SMARTS) is 1. The van der Waals surface area contributed by atoms with E-state index in [-0.39, 0.29) is 22.1 Å². The van der Waals surface area contributed by atoms with Gasteiger partial charge in [-0.15, -0.1) is 0 Å². The number of carbonyl (C=O) groups excluding carboxylic acids is 1. The molecule has 1 aliphatic heterocycles. The van der Waals surface area contributed by atoms with E-state index in [1.54, 1.807) is 37.3 Å². The van der Waals surface area contributed by atoms with E-state index in [1.807, 2.05) is 23.6 Å². The minimum absolute atomic E-state index is 0.0121. The number of hydrogen-bond acceptors (Lipinski definition) is 6. The molecular formula is C24H32N4O5S. The van der Waals surface area contributed by atoms with E-state index in [9.17, 15) is 23.1 Å². The van der Waals surface area contributed by atoms with Crippen LogP contribution in [-0.2, 0) is 14.8 Å². The fraction of sp³-hybridized carbons (Fsp3) is 0.417. The van der Waals surface area contributed by atoms with Crippen LogP contribution in [0.4, 0.5) is 11.4 Å². The third-order valence-electron chi connectivity index (χ3n) is 5.75. The highest BCUT2D eigenvalue weighted by atomic mass is 32.2. The van der Waals surface area contributed by atoms with Crippen LogP contribution in [0.5, 0.6) is 0 Å². The van der Waals surface area contributed by atoms with Gasteiger partial charge in [-0.1, -0.05) is 24.6 Å². The zero-order valence-electron chi connectivity index (χ0n) is 19.8. The normalized spacial score (nSPS) is 14.6. The molecule has 3 N–H and O–H groups in total. The molecule has 0 radical (unpaired) electrons. The van der Waals surface area contributed by atoms with Crippen LogP contribution in [-0.4, -0.2) is 69.6 Å². The molecule has 1 heterocycles. The van der Waals surface area contributed by atoms with Crippen molar-refractivity contribution in [3.8, 4) is 0 Å². The third kappa shape index (κ3) is 6.27. The molecule has 1 saturated heterocycles. The molecule has 2 aromatic carbocycles. The van der Waals surface area contributed by atoms with Crippen molar-refractivity contribution in [3.05, 3.63) is 53.1 Å². The second kappa shape index (κ2) is 10.9. The van der Waals surface area contributed by atoms with Crippen LogP contribution in [0, 0.1) is 13.8 Å². The molecule has 34 heavy (non-hydrogen) atoms. The van der Waals surface area contributed by atoms with E-state index in [0.29, 0.717) is 50.5 Å².